The minimum atomic E-state index is -0.998. The van der Waals surface area contributed by atoms with Gasteiger partial charge in [-0.1, -0.05) is 17.7 Å². The highest BCUT2D eigenvalue weighted by atomic mass is 32.1. The molecule has 2 N–H and O–H groups in total. The first-order valence-corrected chi connectivity index (χ1v) is 8.79. The molecule has 1 aromatic carbocycles. The van der Waals surface area contributed by atoms with Crippen molar-refractivity contribution in [1.29, 1.82) is 0 Å². The van der Waals surface area contributed by atoms with E-state index in [1.807, 2.05) is 32.0 Å². The van der Waals surface area contributed by atoms with Crippen molar-refractivity contribution in [3.8, 4) is 5.75 Å². The van der Waals surface area contributed by atoms with Crippen LogP contribution in [-0.2, 0) is 4.79 Å². The van der Waals surface area contributed by atoms with Crippen molar-refractivity contribution in [2.24, 2.45) is 0 Å². The number of nitrogens with zero attached hydrogens (tertiary/aromatic N) is 1. The number of thiazole rings is 1. The predicted octanol–water partition coefficient (Wildman–Crippen LogP) is 3.41. The monoisotopic (exact) mass is 362 g/mol. The Balaban J connectivity index is 1.85. The first-order valence-electron chi connectivity index (χ1n) is 7.98. The number of hydrogen-bond donors (Lipinski definition) is 2. The van der Waals surface area contributed by atoms with Crippen LogP contribution in [0.5, 0.6) is 5.75 Å². The first kappa shape index (κ1) is 18.9. The summed E-state index contributed by atoms with van der Waals surface area (Å²) in [5, 5.41) is 12.5. The van der Waals surface area contributed by atoms with Crippen molar-refractivity contribution >= 4 is 23.2 Å². The van der Waals surface area contributed by atoms with Gasteiger partial charge in [0.15, 0.2) is 0 Å². The molecule has 0 fully saturated rings. The van der Waals surface area contributed by atoms with E-state index in [1.54, 1.807) is 13.8 Å². The zero-order chi connectivity index (χ0) is 18.6. The van der Waals surface area contributed by atoms with Crippen LogP contribution in [0.25, 0.3) is 0 Å². The quantitative estimate of drug-likeness (QED) is 0.788. The minimum absolute atomic E-state index is 0.165. The van der Waals surface area contributed by atoms with E-state index in [4.69, 9.17) is 9.84 Å². The molecule has 0 saturated carbocycles. The van der Waals surface area contributed by atoms with Crippen LogP contribution in [0.4, 0.5) is 0 Å². The molecule has 0 saturated heterocycles. The highest BCUT2D eigenvalue weighted by Crippen LogP contribution is 2.23. The van der Waals surface area contributed by atoms with Gasteiger partial charge in [0.1, 0.15) is 15.6 Å². The lowest BCUT2D eigenvalue weighted by Gasteiger charge is -2.12. The molecule has 25 heavy (non-hydrogen) atoms. The van der Waals surface area contributed by atoms with E-state index in [0.29, 0.717) is 10.7 Å². The lowest BCUT2D eigenvalue weighted by molar-refractivity contribution is -0.122. The summed E-state index contributed by atoms with van der Waals surface area (Å²) >= 11 is 1.09. The van der Waals surface area contributed by atoms with E-state index >= 15 is 0 Å². The summed E-state index contributed by atoms with van der Waals surface area (Å²) in [5.41, 5.74) is 2.66. The molecule has 1 atom stereocenters. The summed E-state index contributed by atoms with van der Waals surface area (Å²) in [5.74, 6) is -0.392. The third-order valence-corrected chi connectivity index (χ3v) is 5.00. The highest BCUT2D eigenvalue weighted by Gasteiger charge is 2.19. The second kappa shape index (κ2) is 8.11. The number of rotatable bonds is 7. The van der Waals surface area contributed by atoms with Gasteiger partial charge < -0.3 is 15.2 Å². The van der Waals surface area contributed by atoms with Crippen molar-refractivity contribution in [2.45, 2.75) is 40.2 Å². The van der Waals surface area contributed by atoms with E-state index in [9.17, 15) is 9.59 Å². The number of ether oxygens (including phenoxy) is 1. The van der Waals surface area contributed by atoms with Crippen molar-refractivity contribution in [1.82, 2.24) is 10.3 Å². The Morgan fingerprint density at radius 3 is 2.64 bits per heavy atom. The molecule has 1 heterocycles. The highest BCUT2D eigenvalue weighted by molar-refractivity contribution is 7.13. The van der Waals surface area contributed by atoms with Crippen molar-refractivity contribution in [2.75, 3.05) is 6.61 Å². The minimum Gasteiger partial charge on any atom is -0.493 e. The molecular weight excluding hydrogens is 340 g/mol. The summed E-state index contributed by atoms with van der Waals surface area (Å²) in [6, 6.07) is 5.56. The number of carboxylic acids is 1. The van der Waals surface area contributed by atoms with Crippen LogP contribution in [0.15, 0.2) is 18.2 Å². The van der Waals surface area contributed by atoms with Gasteiger partial charge in [-0.25, -0.2) is 9.78 Å². The molecule has 0 aliphatic carbocycles. The zero-order valence-electron chi connectivity index (χ0n) is 14.8. The molecule has 6 nitrogen and oxygen atoms in total. The molecule has 0 spiro atoms. The zero-order valence-corrected chi connectivity index (χ0v) is 15.6. The van der Waals surface area contributed by atoms with E-state index in [2.05, 4.69) is 10.3 Å². The van der Waals surface area contributed by atoms with E-state index in [1.165, 1.54) is 0 Å². The van der Waals surface area contributed by atoms with Crippen LogP contribution >= 0.6 is 11.3 Å². The van der Waals surface area contributed by atoms with Gasteiger partial charge in [0.2, 0.25) is 5.91 Å². The molecule has 1 aromatic heterocycles. The third-order valence-electron chi connectivity index (χ3n) is 3.67. The molecule has 134 valence electrons. The van der Waals surface area contributed by atoms with Crippen LogP contribution in [0, 0.1) is 20.8 Å². The summed E-state index contributed by atoms with van der Waals surface area (Å²) in [6.07, 6.45) is 0.216. The second-order valence-electron chi connectivity index (χ2n) is 5.93. The standard InChI is InChI=1S/C18H22N2O4S/c1-10-5-6-14(11(2)9-10)24-8-7-15(21)19-13(4)17-20-12(3)16(25-17)18(22)23/h5-6,9,13H,7-8H2,1-4H3,(H,19,21)(H,22,23). The topological polar surface area (TPSA) is 88.5 Å². The molecule has 0 aliphatic heterocycles. The van der Waals surface area contributed by atoms with Gasteiger partial charge in [0, 0.05) is 0 Å². The number of benzene rings is 1. The van der Waals surface area contributed by atoms with Crippen molar-refractivity contribution in [3.63, 3.8) is 0 Å². The van der Waals surface area contributed by atoms with Crippen LogP contribution in [-0.4, -0.2) is 28.6 Å². The maximum atomic E-state index is 12.1. The SMILES string of the molecule is Cc1ccc(OCCC(=O)NC(C)c2nc(C)c(C(=O)O)s2)c(C)c1. The Kier molecular flexibility index (Phi) is 6.14. The molecule has 1 amide bonds. The lowest BCUT2D eigenvalue weighted by atomic mass is 10.1. The number of carbonyl (C=O) groups is 2. The fourth-order valence-electron chi connectivity index (χ4n) is 2.39. The van der Waals surface area contributed by atoms with Crippen LogP contribution in [0.3, 0.4) is 0 Å². The molecule has 0 bridgehead atoms. The molecule has 7 heteroatoms. The van der Waals surface area contributed by atoms with Crippen LogP contribution in [0.1, 0.15) is 50.9 Å². The van der Waals surface area contributed by atoms with Crippen molar-refractivity contribution < 1.29 is 19.4 Å². The van der Waals surface area contributed by atoms with Crippen LogP contribution < -0.4 is 10.1 Å². The molecule has 0 aliphatic rings. The van der Waals surface area contributed by atoms with Crippen LogP contribution in [0.2, 0.25) is 0 Å². The fourth-order valence-corrected chi connectivity index (χ4v) is 3.30. The number of amides is 1. The van der Waals surface area contributed by atoms with Crippen molar-refractivity contribution in [3.05, 3.63) is 44.9 Å². The summed E-state index contributed by atoms with van der Waals surface area (Å²) < 4.78 is 5.65. The Bertz CT molecular complexity index is 785. The van der Waals surface area contributed by atoms with E-state index < -0.39 is 5.97 Å². The number of carbonyl (C=O) groups excluding carboxylic acids is 1. The maximum absolute atomic E-state index is 12.1. The average Bonchev–Trinajstić information content (AvgIpc) is 2.91. The lowest BCUT2D eigenvalue weighted by Crippen LogP contribution is -2.27. The Morgan fingerprint density at radius 2 is 2.04 bits per heavy atom. The Morgan fingerprint density at radius 1 is 1.32 bits per heavy atom. The van der Waals surface area contributed by atoms with Gasteiger partial charge >= 0.3 is 5.97 Å². The van der Waals surface area contributed by atoms with Gasteiger partial charge in [-0.2, -0.15) is 0 Å². The van der Waals surface area contributed by atoms with Gasteiger partial charge in [-0.05, 0) is 39.3 Å². The number of aromatic nitrogens is 1. The Labute approximate surface area is 150 Å². The fraction of sp³-hybridized carbons (Fsp3) is 0.389. The van der Waals surface area contributed by atoms with Gasteiger partial charge in [0.05, 0.1) is 24.8 Å². The molecule has 2 aromatic rings. The Hall–Kier alpha value is -2.41. The third kappa shape index (κ3) is 5.03. The molecular formula is C18H22N2O4S. The number of aryl methyl sites for hydroxylation is 3. The molecule has 0 radical (unpaired) electrons. The number of aromatic carboxylic acids is 1. The largest absolute Gasteiger partial charge is 0.493 e. The summed E-state index contributed by atoms with van der Waals surface area (Å²) in [4.78, 5) is 27.5. The smallest absolute Gasteiger partial charge is 0.347 e. The van der Waals surface area contributed by atoms with Gasteiger partial charge in [-0.3, -0.25) is 4.79 Å². The van der Waals surface area contributed by atoms with E-state index in [-0.39, 0.29) is 29.9 Å². The van der Waals surface area contributed by atoms with Gasteiger partial charge in [0.25, 0.3) is 0 Å². The van der Waals surface area contributed by atoms with E-state index in [0.717, 1.165) is 28.2 Å². The predicted molar refractivity (Wildman–Crippen MR) is 96.4 cm³/mol. The molecule has 1 unspecified atom stereocenters. The second-order valence-corrected chi connectivity index (χ2v) is 6.96. The normalized spacial score (nSPS) is 11.8. The van der Waals surface area contributed by atoms with Gasteiger partial charge in [-0.15, -0.1) is 11.3 Å². The maximum Gasteiger partial charge on any atom is 0.347 e. The summed E-state index contributed by atoms with van der Waals surface area (Å²) in [6.45, 7) is 7.69. The average molecular weight is 362 g/mol. The first-order chi connectivity index (χ1) is 11.8. The number of nitrogens with one attached hydrogen (secondary N) is 1. The molecule has 2 rings (SSSR count). The summed E-state index contributed by atoms with van der Waals surface area (Å²) in [7, 11) is 0. The number of hydrogen-bond acceptors (Lipinski definition) is 5. The number of carboxylic acid groups (broad SMARTS) is 1.